The molecule has 0 spiro atoms. The van der Waals surface area contributed by atoms with Gasteiger partial charge in [-0.1, -0.05) is 13.0 Å². The summed E-state index contributed by atoms with van der Waals surface area (Å²) in [6, 6.07) is 6.72. The summed E-state index contributed by atoms with van der Waals surface area (Å²) < 4.78 is 54.4. The Morgan fingerprint density at radius 3 is 2.78 bits per heavy atom. The summed E-state index contributed by atoms with van der Waals surface area (Å²) in [5.74, 6) is -0.284. The average Bonchev–Trinajstić information content (AvgIpc) is 3.53. The van der Waals surface area contributed by atoms with Crippen LogP contribution in [0.1, 0.15) is 53.6 Å². The Labute approximate surface area is 216 Å². The quantitative estimate of drug-likeness (QED) is 0.493. The molecule has 1 aliphatic carbocycles. The predicted octanol–water partition coefficient (Wildman–Crippen LogP) is 3.75. The summed E-state index contributed by atoms with van der Waals surface area (Å²) in [5, 5.41) is 0. The van der Waals surface area contributed by atoms with Crippen LogP contribution in [0.5, 0.6) is 5.75 Å². The third kappa shape index (κ3) is 5.09. The molecule has 2 heterocycles. The fourth-order valence-electron chi connectivity index (χ4n) is 5.49. The first-order chi connectivity index (χ1) is 17.7. The number of fused-ring (bicyclic) bond motifs is 3. The van der Waals surface area contributed by atoms with Crippen molar-refractivity contribution in [3.05, 3.63) is 52.8 Å². The van der Waals surface area contributed by atoms with Crippen molar-refractivity contribution < 1.29 is 31.9 Å². The summed E-state index contributed by atoms with van der Waals surface area (Å²) in [7, 11) is -3.01. The molecular weight excluding hydrogens is 499 g/mol. The molecule has 0 radical (unpaired) electrons. The topological polar surface area (TPSA) is 102 Å². The first-order valence-electron chi connectivity index (χ1n) is 12.7. The summed E-state index contributed by atoms with van der Waals surface area (Å²) in [6.45, 7) is 4.95. The molecule has 3 aliphatic rings. The smallest absolute Gasteiger partial charge is 0.343 e. The first kappa shape index (κ1) is 25.7. The van der Waals surface area contributed by atoms with Gasteiger partial charge in [0.1, 0.15) is 22.9 Å². The zero-order valence-corrected chi connectivity index (χ0v) is 21.8. The maximum Gasteiger partial charge on any atom is 0.343 e. The molecular formula is C27H31FN2O6S. The van der Waals surface area contributed by atoms with E-state index in [-0.39, 0.29) is 46.3 Å². The number of carbonyl (C=O) groups excluding carboxylic acids is 2. The van der Waals surface area contributed by atoms with Crippen LogP contribution in [0.3, 0.4) is 0 Å². The maximum atomic E-state index is 14.1. The highest BCUT2D eigenvalue weighted by Gasteiger charge is 2.45. The number of anilines is 1. The van der Waals surface area contributed by atoms with Crippen LogP contribution in [0.15, 0.2) is 35.2 Å². The lowest BCUT2D eigenvalue weighted by Gasteiger charge is -2.22. The average molecular weight is 531 g/mol. The van der Waals surface area contributed by atoms with Crippen molar-refractivity contribution >= 4 is 27.5 Å². The van der Waals surface area contributed by atoms with Crippen LogP contribution in [0, 0.1) is 17.7 Å². The van der Waals surface area contributed by atoms with Gasteiger partial charge in [-0.2, -0.15) is 0 Å². The number of hydrogen-bond donors (Lipinski definition) is 1. The molecule has 198 valence electrons. The van der Waals surface area contributed by atoms with Gasteiger partial charge in [0, 0.05) is 24.8 Å². The van der Waals surface area contributed by atoms with Crippen LogP contribution in [-0.2, 0) is 26.0 Å². The molecule has 2 aromatic rings. The Bertz CT molecular complexity index is 1340. The van der Waals surface area contributed by atoms with Crippen molar-refractivity contribution in [3.8, 4) is 5.75 Å². The monoisotopic (exact) mass is 530 g/mol. The lowest BCUT2D eigenvalue weighted by molar-refractivity contribution is -0.122. The fraction of sp³-hybridized carbons (Fsp3) is 0.481. The lowest BCUT2D eigenvalue weighted by Crippen LogP contribution is -2.23. The second kappa shape index (κ2) is 10.1. The molecule has 1 saturated heterocycles. The number of carbonyl (C=O) groups is 2. The number of halogens is 1. The highest BCUT2D eigenvalue weighted by molar-refractivity contribution is 7.92. The summed E-state index contributed by atoms with van der Waals surface area (Å²) in [6.07, 6.45) is 1.96. The number of Topliss-reactive ketones (excluding diaryl/α,β-unsaturated/α-hetero) is 1. The summed E-state index contributed by atoms with van der Waals surface area (Å²) in [5.41, 5.74) is 1.13. The van der Waals surface area contributed by atoms with Crippen LogP contribution >= 0.6 is 0 Å². The van der Waals surface area contributed by atoms with Crippen molar-refractivity contribution in [2.24, 2.45) is 11.8 Å². The van der Waals surface area contributed by atoms with E-state index in [1.165, 1.54) is 13.2 Å². The number of sulfonamides is 1. The molecule has 2 fully saturated rings. The van der Waals surface area contributed by atoms with Gasteiger partial charge >= 0.3 is 5.97 Å². The molecule has 2 unspecified atom stereocenters. The second-order valence-electron chi connectivity index (χ2n) is 10.0. The zero-order chi connectivity index (χ0) is 26.3. The van der Waals surface area contributed by atoms with Gasteiger partial charge in [0.25, 0.3) is 10.0 Å². The zero-order valence-electron chi connectivity index (χ0n) is 21.0. The number of nitrogens with one attached hydrogen (secondary N) is 1. The minimum atomic E-state index is -4.23. The lowest BCUT2D eigenvalue weighted by atomic mass is 9.97. The number of ketones is 1. The minimum Gasteiger partial charge on any atom is -0.492 e. The third-order valence-corrected chi connectivity index (χ3v) is 9.18. The molecule has 0 aromatic heterocycles. The second-order valence-corrected chi connectivity index (χ2v) is 11.7. The van der Waals surface area contributed by atoms with E-state index in [2.05, 4.69) is 9.62 Å². The number of likely N-dealkylation sites (tertiary alicyclic amines) is 1. The Kier molecular flexibility index (Phi) is 6.97. The van der Waals surface area contributed by atoms with Crippen LogP contribution in [0.4, 0.5) is 10.1 Å². The van der Waals surface area contributed by atoms with Gasteiger partial charge in [-0.25, -0.2) is 17.6 Å². The van der Waals surface area contributed by atoms with Crippen molar-refractivity contribution in [2.75, 3.05) is 38.1 Å². The summed E-state index contributed by atoms with van der Waals surface area (Å²) >= 11 is 0. The number of rotatable bonds is 9. The van der Waals surface area contributed by atoms with Gasteiger partial charge in [0.2, 0.25) is 0 Å². The fourth-order valence-corrected chi connectivity index (χ4v) is 6.81. The van der Waals surface area contributed by atoms with Gasteiger partial charge in [-0.15, -0.1) is 0 Å². The third-order valence-electron chi connectivity index (χ3n) is 7.71. The van der Waals surface area contributed by atoms with Crippen molar-refractivity contribution in [1.29, 1.82) is 0 Å². The minimum absolute atomic E-state index is 0.0227. The molecule has 37 heavy (non-hydrogen) atoms. The highest BCUT2D eigenvalue weighted by Crippen LogP contribution is 2.55. The van der Waals surface area contributed by atoms with Crippen molar-refractivity contribution in [1.82, 2.24) is 4.90 Å². The van der Waals surface area contributed by atoms with Crippen LogP contribution in [0.25, 0.3) is 0 Å². The first-order valence-corrected chi connectivity index (χ1v) is 14.1. The Morgan fingerprint density at radius 2 is 2.05 bits per heavy atom. The van der Waals surface area contributed by atoms with Crippen LogP contribution < -0.4 is 9.46 Å². The van der Waals surface area contributed by atoms with E-state index in [4.69, 9.17) is 9.47 Å². The van der Waals surface area contributed by atoms with E-state index < -0.39 is 21.8 Å². The molecule has 1 N–H and O–H groups in total. The number of nitrogens with zero attached hydrogens (tertiary/aromatic N) is 1. The van der Waals surface area contributed by atoms with Crippen molar-refractivity contribution in [2.45, 2.75) is 43.4 Å². The number of esters is 1. The maximum absolute atomic E-state index is 14.1. The van der Waals surface area contributed by atoms with Gasteiger partial charge < -0.3 is 14.4 Å². The molecule has 1 saturated carbocycles. The van der Waals surface area contributed by atoms with E-state index in [1.807, 2.05) is 6.92 Å². The number of aryl methyl sites for hydroxylation is 1. The van der Waals surface area contributed by atoms with E-state index in [9.17, 15) is 22.4 Å². The van der Waals surface area contributed by atoms with Crippen LogP contribution in [0.2, 0.25) is 0 Å². The van der Waals surface area contributed by atoms with E-state index >= 15 is 0 Å². The van der Waals surface area contributed by atoms with E-state index in [0.717, 1.165) is 43.6 Å². The largest absolute Gasteiger partial charge is 0.492 e. The molecule has 0 bridgehead atoms. The molecule has 8 nitrogen and oxygen atoms in total. The van der Waals surface area contributed by atoms with Gasteiger partial charge in [0.05, 0.1) is 24.3 Å². The van der Waals surface area contributed by atoms with Crippen molar-refractivity contribution in [3.63, 3.8) is 0 Å². The molecule has 5 rings (SSSR count). The molecule has 2 aromatic carbocycles. The molecule has 2 aliphatic heterocycles. The SMILES string of the molecule is CCN1CC[C@@H](C(=O)CCc2cc(F)ccc2S(=O)(=O)Nc2ccc3c(c2C(=O)OC)OCC2CC32)C1. The highest BCUT2D eigenvalue weighted by atomic mass is 32.2. The van der Waals surface area contributed by atoms with Gasteiger partial charge in [0.15, 0.2) is 0 Å². The molecule has 10 heteroatoms. The Balaban J connectivity index is 1.40. The number of methoxy groups -OCH3 is 1. The number of benzene rings is 2. The van der Waals surface area contributed by atoms with Crippen LogP contribution in [-0.4, -0.2) is 58.4 Å². The molecule has 0 amide bonds. The van der Waals surface area contributed by atoms with Gasteiger partial charge in [-0.05, 0) is 73.7 Å². The van der Waals surface area contributed by atoms with E-state index in [0.29, 0.717) is 30.7 Å². The van der Waals surface area contributed by atoms with E-state index in [1.54, 1.807) is 12.1 Å². The standard InChI is InChI=1S/C27H31FN2O6S/c1-3-30-11-10-17(14-30)23(31)8-4-16-12-19(28)5-9-24(16)37(33,34)29-22-7-6-20-21-13-18(21)15-36-26(20)25(22)27(32)35-2/h5-7,9,12,17-18,21,29H,3-4,8,10-11,13-15H2,1-2H3/t17-,18?,21?/m1/s1. The molecule has 3 atom stereocenters. The normalized spacial score (nSPS) is 22.5. The summed E-state index contributed by atoms with van der Waals surface area (Å²) in [4.78, 5) is 27.5. The predicted molar refractivity (Wildman–Crippen MR) is 135 cm³/mol. The van der Waals surface area contributed by atoms with Gasteiger partial charge in [-0.3, -0.25) is 9.52 Å². The number of ether oxygens (including phenoxy) is 2. The number of hydrogen-bond acceptors (Lipinski definition) is 7. The Hall–Kier alpha value is -2.98. The Morgan fingerprint density at radius 1 is 1.24 bits per heavy atom.